The lowest BCUT2D eigenvalue weighted by Crippen LogP contribution is -2.42. The zero-order chi connectivity index (χ0) is 22.1. The summed E-state index contributed by atoms with van der Waals surface area (Å²) in [6, 6.07) is 11.1. The number of nitrogens with one attached hydrogen (secondary N) is 2. The van der Waals surface area contributed by atoms with E-state index < -0.39 is 27.7 Å². The molecule has 2 aromatic carbocycles. The Bertz CT molecular complexity index is 1110. The first-order chi connectivity index (χ1) is 14.0. The predicted molar refractivity (Wildman–Crippen MR) is 111 cm³/mol. The van der Waals surface area contributed by atoms with Crippen LogP contribution in [0.5, 0.6) is 0 Å². The van der Waals surface area contributed by atoms with Crippen LogP contribution in [0, 0.1) is 13.8 Å². The molecule has 9 heteroatoms. The monoisotopic (exact) mass is 430 g/mol. The van der Waals surface area contributed by atoms with Crippen molar-refractivity contribution in [3.8, 4) is 0 Å². The van der Waals surface area contributed by atoms with Crippen molar-refractivity contribution in [2.24, 2.45) is 0 Å². The Balaban J connectivity index is 1.72. The summed E-state index contributed by atoms with van der Waals surface area (Å²) in [5, 5.41) is 2.77. The average Bonchev–Trinajstić information content (AvgIpc) is 2.63. The fraction of sp³-hybridized carbons (Fsp3) is 0.238. The van der Waals surface area contributed by atoms with Gasteiger partial charge in [-0.1, -0.05) is 6.07 Å². The third-order valence-corrected chi connectivity index (χ3v) is 5.82. The van der Waals surface area contributed by atoms with Crippen LogP contribution in [-0.4, -0.2) is 26.1 Å². The maximum atomic E-state index is 12.6. The number of ether oxygens (including phenoxy) is 2. The van der Waals surface area contributed by atoms with Gasteiger partial charge in [-0.2, -0.15) is 0 Å². The van der Waals surface area contributed by atoms with Crippen LogP contribution in [0.1, 0.15) is 25.0 Å². The van der Waals surface area contributed by atoms with Crippen molar-refractivity contribution in [3.63, 3.8) is 0 Å². The first-order valence-corrected chi connectivity index (χ1v) is 10.6. The second-order valence-corrected chi connectivity index (χ2v) is 8.99. The SMILES string of the molecule is Cc1ccc(NS(=O)(=O)c2ccc(NC=C3C(=O)OC(C)(C)OC3=O)cc2)cc1C. The van der Waals surface area contributed by atoms with E-state index in [-0.39, 0.29) is 10.5 Å². The molecule has 0 amide bonds. The molecule has 0 saturated carbocycles. The van der Waals surface area contributed by atoms with Crippen LogP contribution in [0.2, 0.25) is 0 Å². The van der Waals surface area contributed by atoms with E-state index in [9.17, 15) is 18.0 Å². The first kappa shape index (κ1) is 21.4. The standard InChI is InChI=1S/C21H22N2O6S/c1-13-5-6-16(11-14(13)2)23-30(26,27)17-9-7-15(8-10-17)22-12-18-19(24)28-21(3,4)29-20(18)25/h5-12,22-23H,1-4H3. The normalized spacial score (nSPS) is 15.8. The van der Waals surface area contributed by atoms with Gasteiger partial charge >= 0.3 is 11.9 Å². The zero-order valence-electron chi connectivity index (χ0n) is 17.0. The molecule has 0 bridgehead atoms. The number of carbonyl (C=O) groups excluding carboxylic acids is 2. The average molecular weight is 430 g/mol. The Morgan fingerprint density at radius 1 is 0.867 bits per heavy atom. The van der Waals surface area contributed by atoms with Crippen LogP contribution in [0.15, 0.2) is 59.1 Å². The maximum Gasteiger partial charge on any atom is 0.350 e. The summed E-state index contributed by atoms with van der Waals surface area (Å²) >= 11 is 0. The largest absolute Gasteiger partial charge is 0.419 e. The van der Waals surface area contributed by atoms with E-state index in [1.165, 1.54) is 38.1 Å². The summed E-state index contributed by atoms with van der Waals surface area (Å²) in [5.74, 6) is -2.93. The van der Waals surface area contributed by atoms with Crippen molar-refractivity contribution in [3.05, 3.63) is 65.4 Å². The maximum absolute atomic E-state index is 12.6. The molecule has 30 heavy (non-hydrogen) atoms. The molecule has 1 aliphatic heterocycles. The Kier molecular flexibility index (Phi) is 5.58. The summed E-state index contributed by atoms with van der Waals surface area (Å²) in [6.07, 6.45) is 1.16. The fourth-order valence-corrected chi connectivity index (χ4v) is 3.73. The lowest BCUT2D eigenvalue weighted by molar-refractivity contribution is -0.222. The van der Waals surface area contributed by atoms with Crippen molar-refractivity contribution >= 4 is 33.3 Å². The van der Waals surface area contributed by atoms with Gasteiger partial charge in [0.05, 0.1) is 4.90 Å². The van der Waals surface area contributed by atoms with Crippen LogP contribution < -0.4 is 10.0 Å². The molecule has 3 rings (SSSR count). The topological polar surface area (TPSA) is 111 Å². The van der Waals surface area contributed by atoms with Gasteiger partial charge in [-0.05, 0) is 61.4 Å². The van der Waals surface area contributed by atoms with Gasteiger partial charge in [-0.15, -0.1) is 0 Å². The highest BCUT2D eigenvalue weighted by Crippen LogP contribution is 2.23. The molecule has 0 unspecified atom stereocenters. The number of cyclic esters (lactones) is 2. The molecule has 2 aromatic rings. The third kappa shape index (κ3) is 4.80. The number of carbonyl (C=O) groups is 2. The number of sulfonamides is 1. The number of hydrogen-bond acceptors (Lipinski definition) is 7. The summed E-state index contributed by atoms with van der Waals surface area (Å²) in [4.78, 5) is 23.9. The third-order valence-electron chi connectivity index (χ3n) is 4.42. The Morgan fingerprint density at radius 3 is 2.00 bits per heavy atom. The zero-order valence-corrected chi connectivity index (χ0v) is 17.8. The van der Waals surface area contributed by atoms with Gasteiger partial charge in [0.25, 0.3) is 15.8 Å². The van der Waals surface area contributed by atoms with Crippen LogP contribution in [0.4, 0.5) is 11.4 Å². The number of rotatable bonds is 5. The van der Waals surface area contributed by atoms with Crippen molar-refractivity contribution in [2.45, 2.75) is 38.4 Å². The van der Waals surface area contributed by atoms with E-state index in [2.05, 4.69) is 10.0 Å². The van der Waals surface area contributed by atoms with Crippen molar-refractivity contribution in [1.82, 2.24) is 0 Å². The number of benzene rings is 2. The second-order valence-electron chi connectivity index (χ2n) is 7.31. The number of aryl methyl sites for hydroxylation is 2. The molecule has 8 nitrogen and oxygen atoms in total. The van der Waals surface area contributed by atoms with Crippen LogP contribution in [0.3, 0.4) is 0 Å². The van der Waals surface area contributed by atoms with Gasteiger partial charge < -0.3 is 14.8 Å². The Morgan fingerprint density at radius 2 is 1.43 bits per heavy atom. The van der Waals surface area contributed by atoms with Crippen molar-refractivity contribution in [2.75, 3.05) is 10.0 Å². The van der Waals surface area contributed by atoms with E-state index in [1.54, 1.807) is 12.1 Å². The van der Waals surface area contributed by atoms with Crippen molar-refractivity contribution in [1.29, 1.82) is 0 Å². The summed E-state index contributed by atoms with van der Waals surface area (Å²) in [7, 11) is -3.77. The molecule has 1 saturated heterocycles. The smallest absolute Gasteiger partial charge is 0.350 e. The van der Waals surface area contributed by atoms with Crippen LogP contribution >= 0.6 is 0 Å². The quantitative estimate of drug-likeness (QED) is 0.426. The van der Waals surface area contributed by atoms with E-state index in [0.29, 0.717) is 11.4 Å². The molecule has 0 radical (unpaired) electrons. The Labute approximate surface area is 174 Å². The minimum atomic E-state index is -3.77. The van der Waals surface area contributed by atoms with Gasteiger partial charge in [0.1, 0.15) is 0 Å². The van der Waals surface area contributed by atoms with Crippen LogP contribution in [-0.2, 0) is 29.1 Å². The lowest BCUT2D eigenvalue weighted by Gasteiger charge is -2.29. The molecule has 1 heterocycles. The summed E-state index contributed by atoms with van der Waals surface area (Å²) in [5.41, 5.74) is 2.70. The lowest BCUT2D eigenvalue weighted by atomic mass is 10.1. The van der Waals surface area contributed by atoms with Crippen molar-refractivity contribution < 1.29 is 27.5 Å². The number of esters is 2. The van der Waals surface area contributed by atoms with Gasteiger partial charge in [0.15, 0.2) is 5.57 Å². The van der Waals surface area contributed by atoms with Crippen LogP contribution in [0.25, 0.3) is 0 Å². The van der Waals surface area contributed by atoms with E-state index >= 15 is 0 Å². The van der Waals surface area contributed by atoms with Gasteiger partial charge in [0.2, 0.25) is 0 Å². The van der Waals surface area contributed by atoms with Gasteiger partial charge in [-0.3, -0.25) is 4.72 Å². The number of anilines is 2. The highest BCUT2D eigenvalue weighted by atomic mass is 32.2. The molecule has 1 aliphatic rings. The molecule has 0 atom stereocenters. The molecular weight excluding hydrogens is 408 g/mol. The summed E-state index contributed by atoms with van der Waals surface area (Å²) in [6.45, 7) is 6.76. The van der Waals surface area contributed by atoms with Gasteiger partial charge in [0, 0.05) is 31.4 Å². The highest BCUT2D eigenvalue weighted by molar-refractivity contribution is 7.92. The predicted octanol–water partition coefficient (Wildman–Crippen LogP) is 3.24. The molecule has 2 N–H and O–H groups in total. The highest BCUT2D eigenvalue weighted by Gasteiger charge is 2.38. The number of hydrogen-bond donors (Lipinski definition) is 2. The molecule has 0 spiro atoms. The second kappa shape index (κ2) is 7.83. The minimum Gasteiger partial charge on any atom is -0.419 e. The van der Waals surface area contributed by atoms with E-state index in [1.807, 2.05) is 19.9 Å². The molecular formula is C21H22N2O6S. The van der Waals surface area contributed by atoms with Gasteiger partial charge in [-0.25, -0.2) is 18.0 Å². The molecule has 158 valence electrons. The Hall–Kier alpha value is -3.33. The fourth-order valence-electron chi connectivity index (χ4n) is 2.68. The molecule has 0 aromatic heterocycles. The summed E-state index contributed by atoms with van der Waals surface area (Å²) < 4.78 is 37.7. The minimum absolute atomic E-state index is 0.0668. The first-order valence-electron chi connectivity index (χ1n) is 9.10. The van der Waals surface area contributed by atoms with E-state index in [4.69, 9.17) is 9.47 Å². The molecule has 0 aliphatic carbocycles. The molecule has 1 fully saturated rings. The van der Waals surface area contributed by atoms with E-state index in [0.717, 1.165) is 17.3 Å².